The van der Waals surface area contributed by atoms with Crippen LogP contribution in [0.25, 0.3) is 0 Å². The Bertz CT molecular complexity index is 999. The summed E-state index contributed by atoms with van der Waals surface area (Å²) < 4.78 is 12.6. The molecule has 0 aliphatic heterocycles. The van der Waals surface area contributed by atoms with Crippen molar-refractivity contribution in [2.24, 2.45) is 0 Å². The summed E-state index contributed by atoms with van der Waals surface area (Å²) in [5.74, 6) is 2.05. The van der Waals surface area contributed by atoms with Crippen molar-refractivity contribution >= 4 is 11.3 Å². The van der Waals surface area contributed by atoms with Crippen LogP contribution in [0.2, 0.25) is 0 Å². The number of nitrogens with zero attached hydrogens (tertiary/aromatic N) is 2. The van der Waals surface area contributed by atoms with Crippen molar-refractivity contribution in [1.82, 2.24) is 9.80 Å². The van der Waals surface area contributed by atoms with Gasteiger partial charge in [0.15, 0.2) is 0 Å². The molecule has 0 fully saturated rings. The average Bonchev–Trinajstić information content (AvgIpc) is 3.31. The molecule has 37 heavy (non-hydrogen) atoms. The van der Waals surface area contributed by atoms with Gasteiger partial charge in [0, 0.05) is 30.1 Å². The zero-order valence-corrected chi connectivity index (χ0v) is 25.0. The predicted octanol–water partition coefficient (Wildman–Crippen LogP) is 7.56. The van der Waals surface area contributed by atoms with E-state index < -0.39 is 0 Å². The molecule has 0 saturated carbocycles. The molecule has 0 saturated heterocycles. The minimum atomic E-state index is 0.323. The van der Waals surface area contributed by atoms with Crippen molar-refractivity contribution in [3.63, 3.8) is 0 Å². The normalized spacial score (nSPS) is 13.2. The molecule has 0 aliphatic carbocycles. The van der Waals surface area contributed by atoms with Crippen LogP contribution in [0.4, 0.5) is 0 Å². The number of thiophene rings is 1. The van der Waals surface area contributed by atoms with Crippen LogP contribution in [0.15, 0.2) is 47.8 Å². The van der Waals surface area contributed by atoms with Gasteiger partial charge in [-0.3, -0.25) is 9.80 Å². The summed E-state index contributed by atoms with van der Waals surface area (Å²) in [5.41, 5.74) is 6.22. The van der Waals surface area contributed by atoms with Gasteiger partial charge in [0.25, 0.3) is 0 Å². The molecule has 0 aliphatic rings. The topological polar surface area (TPSA) is 24.9 Å². The quantitative estimate of drug-likeness (QED) is 0.218. The summed E-state index contributed by atoms with van der Waals surface area (Å²) in [6.45, 7) is 22.8. The minimum Gasteiger partial charge on any atom is -0.491 e. The van der Waals surface area contributed by atoms with E-state index in [2.05, 4.69) is 113 Å². The lowest BCUT2D eigenvalue weighted by Gasteiger charge is -2.30. The van der Waals surface area contributed by atoms with Crippen molar-refractivity contribution < 1.29 is 9.47 Å². The molecule has 1 heterocycles. The molecule has 2 unspecified atom stereocenters. The number of rotatable bonds is 14. The fraction of sp³-hybridized carbons (Fsp3) is 0.500. The van der Waals surface area contributed by atoms with Crippen LogP contribution in [0.3, 0.4) is 0 Å². The van der Waals surface area contributed by atoms with Crippen LogP contribution < -0.4 is 9.47 Å². The Kier molecular flexibility index (Phi) is 11.0. The largest absolute Gasteiger partial charge is 0.491 e. The Morgan fingerprint density at radius 3 is 1.54 bits per heavy atom. The summed E-state index contributed by atoms with van der Waals surface area (Å²) in [6.07, 6.45) is 0. The molecule has 5 heteroatoms. The van der Waals surface area contributed by atoms with Crippen molar-refractivity contribution in [3.05, 3.63) is 80.5 Å². The van der Waals surface area contributed by atoms with E-state index in [-0.39, 0.29) is 0 Å². The number of benzene rings is 2. The molecule has 0 bridgehead atoms. The highest BCUT2D eigenvalue weighted by molar-refractivity contribution is 7.10. The summed E-state index contributed by atoms with van der Waals surface area (Å²) in [7, 11) is 0. The second kappa shape index (κ2) is 14.0. The van der Waals surface area contributed by atoms with Gasteiger partial charge in [0.2, 0.25) is 0 Å². The molecule has 202 valence electrons. The molecule has 0 spiro atoms. The van der Waals surface area contributed by atoms with Crippen molar-refractivity contribution in [2.45, 2.75) is 80.6 Å². The highest BCUT2D eigenvalue weighted by Gasteiger charge is 2.20. The van der Waals surface area contributed by atoms with Gasteiger partial charge in [0.05, 0.1) is 0 Å². The number of hydrogen-bond acceptors (Lipinski definition) is 5. The number of likely N-dealkylation sites (N-methyl/N-ethyl adjacent to an activating group) is 2. The van der Waals surface area contributed by atoms with Gasteiger partial charge in [0.1, 0.15) is 24.7 Å². The van der Waals surface area contributed by atoms with Crippen LogP contribution in [0, 0.1) is 27.7 Å². The molecule has 3 aromatic rings. The first kappa shape index (κ1) is 29.2. The molecule has 3 rings (SSSR count). The monoisotopic (exact) mass is 522 g/mol. The van der Waals surface area contributed by atoms with Crippen LogP contribution in [-0.2, 0) is 13.1 Å². The van der Waals surface area contributed by atoms with E-state index in [1.165, 1.54) is 32.7 Å². The van der Waals surface area contributed by atoms with Crippen LogP contribution in [-0.4, -0.2) is 48.2 Å². The lowest BCUT2D eigenvalue weighted by Crippen LogP contribution is -2.38. The molecule has 0 N–H and O–H groups in total. The molecule has 4 nitrogen and oxygen atoms in total. The molecule has 2 aromatic carbocycles. The van der Waals surface area contributed by atoms with E-state index >= 15 is 0 Å². The van der Waals surface area contributed by atoms with E-state index in [9.17, 15) is 0 Å². The Morgan fingerprint density at radius 2 is 1.11 bits per heavy atom. The first-order valence-electron chi connectivity index (χ1n) is 13.7. The summed E-state index contributed by atoms with van der Waals surface area (Å²) in [6, 6.07) is 15.6. The third-order valence-electron chi connectivity index (χ3n) is 7.37. The molecular formula is C32H46N2O2S. The Balaban J connectivity index is 1.60. The lowest BCUT2D eigenvalue weighted by molar-refractivity contribution is 0.138. The summed E-state index contributed by atoms with van der Waals surface area (Å²) in [4.78, 5) is 6.48. The molecule has 0 amide bonds. The number of para-hydroxylation sites is 2. The number of hydrogen-bond donors (Lipinski definition) is 0. The maximum atomic E-state index is 6.29. The van der Waals surface area contributed by atoms with E-state index in [0.717, 1.165) is 37.7 Å². The van der Waals surface area contributed by atoms with Gasteiger partial charge in [-0.05, 0) is 93.9 Å². The maximum absolute atomic E-state index is 6.29. The zero-order chi connectivity index (χ0) is 26.9. The zero-order valence-electron chi connectivity index (χ0n) is 24.1. The third kappa shape index (κ3) is 7.83. The van der Waals surface area contributed by atoms with Gasteiger partial charge in [-0.25, -0.2) is 0 Å². The first-order valence-corrected chi connectivity index (χ1v) is 14.5. The SMILES string of the molecule is CCN(Cc1ccsc1CN(CC)C(C)COc1c(C)cccc1C)C(C)COc1c(C)cccc1C. The van der Waals surface area contributed by atoms with E-state index in [1.54, 1.807) is 0 Å². The van der Waals surface area contributed by atoms with Gasteiger partial charge < -0.3 is 9.47 Å². The van der Waals surface area contributed by atoms with E-state index in [4.69, 9.17) is 9.47 Å². The first-order chi connectivity index (χ1) is 17.7. The fourth-order valence-corrected chi connectivity index (χ4v) is 5.80. The van der Waals surface area contributed by atoms with Gasteiger partial charge >= 0.3 is 0 Å². The molecule has 1 aromatic heterocycles. The predicted molar refractivity (Wildman–Crippen MR) is 158 cm³/mol. The van der Waals surface area contributed by atoms with Crippen LogP contribution in [0.1, 0.15) is 60.4 Å². The average molecular weight is 523 g/mol. The second-order valence-electron chi connectivity index (χ2n) is 10.3. The molecule has 2 atom stereocenters. The van der Waals surface area contributed by atoms with Crippen molar-refractivity contribution in [3.8, 4) is 11.5 Å². The fourth-order valence-electron chi connectivity index (χ4n) is 4.88. The second-order valence-corrected chi connectivity index (χ2v) is 11.3. The number of ether oxygens (including phenoxy) is 2. The third-order valence-corrected chi connectivity index (χ3v) is 8.32. The van der Waals surface area contributed by atoms with Crippen LogP contribution in [0.5, 0.6) is 11.5 Å². The van der Waals surface area contributed by atoms with Crippen LogP contribution >= 0.6 is 11.3 Å². The Labute approximate surface area is 229 Å². The maximum Gasteiger partial charge on any atom is 0.125 e. The van der Waals surface area contributed by atoms with E-state index in [1.807, 2.05) is 11.3 Å². The Morgan fingerprint density at radius 1 is 0.676 bits per heavy atom. The lowest BCUT2D eigenvalue weighted by atomic mass is 10.1. The highest BCUT2D eigenvalue weighted by Crippen LogP contribution is 2.26. The number of aryl methyl sites for hydroxylation is 4. The summed E-state index contributed by atoms with van der Waals surface area (Å²) in [5, 5.41) is 2.24. The summed E-state index contributed by atoms with van der Waals surface area (Å²) >= 11 is 1.87. The van der Waals surface area contributed by atoms with E-state index in [0.29, 0.717) is 25.3 Å². The highest BCUT2D eigenvalue weighted by atomic mass is 32.1. The van der Waals surface area contributed by atoms with Crippen molar-refractivity contribution in [1.29, 1.82) is 0 Å². The Hall–Kier alpha value is -2.34. The minimum absolute atomic E-state index is 0.323. The van der Waals surface area contributed by atoms with Gasteiger partial charge in [-0.1, -0.05) is 50.2 Å². The smallest absolute Gasteiger partial charge is 0.125 e. The standard InChI is InChI=1S/C32H46N2O2S/c1-9-33(27(7)21-35-31-23(3)13-11-14-24(31)4)19-29-17-18-37-30(29)20-34(10-2)28(8)22-36-32-25(5)15-12-16-26(32)6/h11-18,27-28H,9-10,19-22H2,1-8H3. The van der Waals surface area contributed by atoms with Gasteiger partial charge in [-0.15, -0.1) is 11.3 Å². The van der Waals surface area contributed by atoms with Crippen molar-refractivity contribution in [2.75, 3.05) is 26.3 Å². The molecule has 0 radical (unpaired) electrons. The van der Waals surface area contributed by atoms with Gasteiger partial charge in [-0.2, -0.15) is 0 Å². The molecular weight excluding hydrogens is 476 g/mol.